The van der Waals surface area contributed by atoms with Crippen molar-refractivity contribution in [1.82, 2.24) is 4.90 Å². The fourth-order valence-corrected chi connectivity index (χ4v) is 5.56. The van der Waals surface area contributed by atoms with Gasteiger partial charge in [0.15, 0.2) is 0 Å². The predicted molar refractivity (Wildman–Crippen MR) is 169 cm³/mol. The lowest BCUT2D eigenvalue weighted by atomic mass is 9.61. The second kappa shape index (κ2) is 15.2. The first-order chi connectivity index (χ1) is 17.6. The van der Waals surface area contributed by atoms with Gasteiger partial charge in [0.05, 0.1) is 0 Å². The molecule has 3 aliphatic rings. The van der Waals surface area contributed by atoms with Crippen LogP contribution in [-0.2, 0) is 0 Å². The molecule has 3 aliphatic carbocycles. The summed E-state index contributed by atoms with van der Waals surface area (Å²) in [4.78, 5) is 2.64. The van der Waals surface area contributed by atoms with Gasteiger partial charge in [-0.2, -0.15) is 0 Å². The maximum atomic E-state index is 4.30. The zero-order chi connectivity index (χ0) is 28.2. The zero-order valence-corrected chi connectivity index (χ0v) is 26.0. The zero-order valence-electron chi connectivity index (χ0n) is 26.0. The molecule has 0 aromatic carbocycles. The summed E-state index contributed by atoms with van der Waals surface area (Å²) in [7, 11) is 0. The van der Waals surface area contributed by atoms with E-state index in [9.17, 15) is 0 Å². The van der Waals surface area contributed by atoms with E-state index in [4.69, 9.17) is 0 Å². The van der Waals surface area contributed by atoms with E-state index in [1.54, 1.807) is 0 Å². The smallest absolute Gasteiger partial charge is 0.0450 e. The van der Waals surface area contributed by atoms with Gasteiger partial charge in [0, 0.05) is 34.7 Å². The van der Waals surface area contributed by atoms with Crippen LogP contribution < -0.4 is 0 Å². The highest BCUT2D eigenvalue weighted by molar-refractivity contribution is 5.71. The molecule has 206 valence electrons. The van der Waals surface area contributed by atoms with Crippen LogP contribution in [0.1, 0.15) is 108 Å². The molecule has 1 nitrogen and oxygen atoms in total. The first-order valence-electron chi connectivity index (χ1n) is 14.8. The van der Waals surface area contributed by atoms with Crippen molar-refractivity contribution < 1.29 is 0 Å². The van der Waals surface area contributed by atoms with E-state index in [0.717, 1.165) is 19.4 Å². The molecule has 0 saturated carbocycles. The van der Waals surface area contributed by atoms with Gasteiger partial charge in [-0.05, 0) is 81.7 Å². The highest BCUT2D eigenvalue weighted by Gasteiger charge is 2.42. The molecular formula is C36H57N. The van der Waals surface area contributed by atoms with E-state index in [1.807, 2.05) is 19.9 Å². The molecule has 0 N–H and O–H groups in total. The van der Waals surface area contributed by atoms with Gasteiger partial charge in [0.1, 0.15) is 0 Å². The van der Waals surface area contributed by atoms with Gasteiger partial charge in [-0.1, -0.05) is 103 Å². The van der Waals surface area contributed by atoms with E-state index >= 15 is 0 Å². The predicted octanol–water partition coefficient (Wildman–Crippen LogP) is 11.1. The number of unbranched alkanes of at least 4 members (excludes halogenated alkanes) is 3. The Hall–Kier alpha value is -2.28. The van der Waals surface area contributed by atoms with Gasteiger partial charge in [-0.3, -0.25) is 0 Å². The van der Waals surface area contributed by atoms with Gasteiger partial charge in [0.25, 0.3) is 0 Å². The summed E-state index contributed by atoms with van der Waals surface area (Å²) in [5.74, 6) is 0.463. The third kappa shape index (κ3) is 7.62. The second-order valence-electron chi connectivity index (χ2n) is 11.5. The van der Waals surface area contributed by atoms with Crippen LogP contribution in [0.2, 0.25) is 0 Å². The van der Waals surface area contributed by atoms with E-state index in [1.165, 1.54) is 59.2 Å². The molecule has 0 radical (unpaired) electrons. The van der Waals surface area contributed by atoms with Crippen molar-refractivity contribution in [3.05, 3.63) is 95.3 Å². The lowest BCUT2D eigenvalue weighted by Crippen LogP contribution is -2.43. The molecule has 37 heavy (non-hydrogen) atoms. The van der Waals surface area contributed by atoms with Crippen LogP contribution in [0.25, 0.3) is 0 Å². The average Bonchev–Trinajstić information content (AvgIpc) is 2.86. The van der Waals surface area contributed by atoms with Crippen LogP contribution in [0, 0.1) is 11.3 Å². The first-order valence-corrected chi connectivity index (χ1v) is 14.8. The van der Waals surface area contributed by atoms with Crippen molar-refractivity contribution in [2.45, 2.75) is 113 Å². The van der Waals surface area contributed by atoms with Gasteiger partial charge < -0.3 is 4.90 Å². The summed E-state index contributed by atoms with van der Waals surface area (Å²) in [6.07, 6.45) is 25.4. The monoisotopic (exact) mass is 503 g/mol. The van der Waals surface area contributed by atoms with E-state index in [2.05, 4.69) is 116 Å². The quantitative estimate of drug-likeness (QED) is 0.223. The second-order valence-corrected chi connectivity index (χ2v) is 11.5. The van der Waals surface area contributed by atoms with Crippen LogP contribution in [0.5, 0.6) is 0 Å². The SMILES string of the molecule is C=CCCCCCN(C1=C2C(C=C)=C(/C=C\C)C(C)(C)C3=C2C(C=C1)CC=C3)C(C)(C)C.CC.CCC. The van der Waals surface area contributed by atoms with Crippen molar-refractivity contribution in [2.24, 2.45) is 11.3 Å². The molecule has 1 unspecified atom stereocenters. The lowest BCUT2D eigenvalue weighted by Gasteiger charge is -2.47. The van der Waals surface area contributed by atoms with Crippen LogP contribution in [-0.4, -0.2) is 17.0 Å². The van der Waals surface area contributed by atoms with Crippen molar-refractivity contribution in [1.29, 1.82) is 0 Å². The van der Waals surface area contributed by atoms with Crippen molar-refractivity contribution in [3.63, 3.8) is 0 Å². The Morgan fingerprint density at radius 1 is 1.05 bits per heavy atom. The Kier molecular flexibility index (Phi) is 13.5. The molecule has 1 atom stereocenters. The largest absolute Gasteiger partial charge is 0.366 e. The van der Waals surface area contributed by atoms with Gasteiger partial charge >= 0.3 is 0 Å². The lowest BCUT2D eigenvalue weighted by molar-refractivity contribution is 0.185. The standard InChI is InChI=1S/C31H43N.C3H8.C2H6/c1-9-12-13-14-15-22-32(30(4,5)6)27-21-20-23-18-16-19-26-28(23)29(27)24(11-3)25(17-10-2)31(26,7)8;1-3-2;1-2/h9-11,16-17,19-21,23H,1,3,12-15,18,22H2,2,4-8H3;3H2,1-2H3;1-2H3/b17-10-;;. The number of hydrogen-bond acceptors (Lipinski definition) is 1. The molecule has 0 heterocycles. The Morgan fingerprint density at radius 3 is 2.24 bits per heavy atom. The van der Waals surface area contributed by atoms with E-state index in [0.29, 0.717) is 5.92 Å². The van der Waals surface area contributed by atoms with E-state index in [-0.39, 0.29) is 11.0 Å². The minimum absolute atomic E-state index is 0.0302. The minimum Gasteiger partial charge on any atom is -0.366 e. The van der Waals surface area contributed by atoms with Gasteiger partial charge in [0.2, 0.25) is 0 Å². The number of rotatable bonds is 9. The van der Waals surface area contributed by atoms with Crippen molar-refractivity contribution in [3.8, 4) is 0 Å². The Balaban J connectivity index is 0.00000127. The minimum atomic E-state index is -0.0302. The third-order valence-corrected chi connectivity index (χ3v) is 7.18. The van der Waals surface area contributed by atoms with Gasteiger partial charge in [-0.15, -0.1) is 6.58 Å². The van der Waals surface area contributed by atoms with Crippen LogP contribution in [0.15, 0.2) is 95.3 Å². The van der Waals surface area contributed by atoms with Crippen LogP contribution in [0.4, 0.5) is 0 Å². The molecule has 0 aliphatic heterocycles. The highest BCUT2D eigenvalue weighted by Crippen LogP contribution is 2.54. The summed E-state index contributed by atoms with van der Waals surface area (Å²) >= 11 is 0. The molecule has 0 aromatic rings. The Morgan fingerprint density at radius 2 is 1.70 bits per heavy atom. The summed E-state index contributed by atoms with van der Waals surface area (Å²) in [5.41, 5.74) is 8.49. The topological polar surface area (TPSA) is 3.24 Å². The van der Waals surface area contributed by atoms with E-state index < -0.39 is 0 Å². The van der Waals surface area contributed by atoms with Crippen LogP contribution >= 0.6 is 0 Å². The number of allylic oxidation sites excluding steroid dienone is 13. The molecule has 0 bridgehead atoms. The number of hydrogen-bond donors (Lipinski definition) is 0. The van der Waals surface area contributed by atoms with Crippen molar-refractivity contribution in [2.75, 3.05) is 6.54 Å². The molecule has 0 spiro atoms. The first kappa shape index (κ1) is 32.7. The summed E-state index contributed by atoms with van der Waals surface area (Å²) in [6.45, 7) is 31.4. The normalized spacial score (nSPS) is 19.7. The maximum Gasteiger partial charge on any atom is 0.0450 e. The average molecular weight is 504 g/mol. The summed E-state index contributed by atoms with van der Waals surface area (Å²) in [6, 6.07) is 0. The third-order valence-electron chi connectivity index (χ3n) is 7.18. The summed E-state index contributed by atoms with van der Waals surface area (Å²) in [5, 5.41) is 0. The van der Waals surface area contributed by atoms with Crippen molar-refractivity contribution >= 4 is 0 Å². The maximum absolute atomic E-state index is 4.30. The van der Waals surface area contributed by atoms with Gasteiger partial charge in [-0.25, -0.2) is 0 Å². The fourth-order valence-electron chi connectivity index (χ4n) is 5.56. The molecule has 1 heteroatoms. The molecule has 0 aromatic heterocycles. The Bertz CT molecular complexity index is 949. The van der Waals surface area contributed by atoms with Crippen LogP contribution in [0.3, 0.4) is 0 Å². The molecule has 3 rings (SSSR count). The molecular weight excluding hydrogens is 446 g/mol. The molecule has 0 fully saturated rings. The fraction of sp³-hybridized carbons (Fsp3) is 0.556. The Labute approximate surface area is 231 Å². The molecule has 0 amide bonds. The number of nitrogens with zero attached hydrogens (tertiary/aromatic N) is 1. The highest BCUT2D eigenvalue weighted by atomic mass is 15.2. The summed E-state index contributed by atoms with van der Waals surface area (Å²) < 4.78 is 0. The molecule has 0 saturated heterocycles.